The summed E-state index contributed by atoms with van der Waals surface area (Å²) in [4.78, 5) is 6.63. The Morgan fingerprint density at radius 3 is 2.74 bits per heavy atom. The van der Waals surface area contributed by atoms with Crippen molar-refractivity contribution in [3.05, 3.63) is 29.5 Å². The molecule has 0 aliphatic carbocycles. The van der Waals surface area contributed by atoms with Crippen molar-refractivity contribution in [3.63, 3.8) is 0 Å². The van der Waals surface area contributed by atoms with E-state index in [0.29, 0.717) is 11.3 Å². The molecule has 0 spiro atoms. The first-order valence-electron chi connectivity index (χ1n) is 7.49. The second-order valence-corrected chi connectivity index (χ2v) is 6.99. The Kier molecular flexibility index (Phi) is 4.23. The Morgan fingerprint density at radius 1 is 1.30 bits per heavy atom. The van der Waals surface area contributed by atoms with Crippen LogP contribution in [-0.2, 0) is 0 Å². The first-order chi connectivity index (χ1) is 10.9. The van der Waals surface area contributed by atoms with Crippen molar-refractivity contribution in [2.24, 2.45) is 0 Å². The van der Waals surface area contributed by atoms with Gasteiger partial charge in [0.25, 0.3) is 0 Å². The van der Waals surface area contributed by atoms with Crippen LogP contribution in [0.4, 0.5) is 5.13 Å². The smallest absolute Gasteiger partial charge is 0.194 e. The number of hydrogen-bond acceptors (Lipinski definition) is 6. The molecular formula is C16H21N5OS. The van der Waals surface area contributed by atoms with Crippen molar-refractivity contribution in [1.29, 1.82) is 0 Å². The van der Waals surface area contributed by atoms with E-state index in [1.165, 1.54) is 0 Å². The molecule has 0 saturated heterocycles. The molecule has 0 saturated carbocycles. The summed E-state index contributed by atoms with van der Waals surface area (Å²) in [7, 11) is 4.09. The number of aromatic nitrogens is 3. The molecule has 0 aliphatic heterocycles. The monoisotopic (exact) mass is 331 g/mol. The number of aryl methyl sites for hydroxylation is 2. The molecule has 2 N–H and O–H groups in total. The van der Waals surface area contributed by atoms with Crippen LogP contribution >= 0.6 is 11.3 Å². The van der Waals surface area contributed by atoms with Crippen molar-refractivity contribution in [3.8, 4) is 11.4 Å². The molecule has 122 valence electrons. The third-order valence-corrected chi connectivity index (χ3v) is 4.50. The van der Waals surface area contributed by atoms with Crippen LogP contribution in [-0.4, -0.2) is 52.0 Å². The third kappa shape index (κ3) is 3.30. The minimum absolute atomic E-state index is 0.238. The summed E-state index contributed by atoms with van der Waals surface area (Å²) in [5.41, 5.74) is 3.43. The van der Waals surface area contributed by atoms with Crippen LogP contribution in [0.15, 0.2) is 18.3 Å². The number of thiazole rings is 1. The number of fused-ring (bicyclic) bond motifs is 1. The number of hydrogen-bond donors (Lipinski definition) is 2. The van der Waals surface area contributed by atoms with Crippen molar-refractivity contribution in [1.82, 2.24) is 19.7 Å². The molecule has 7 heteroatoms. The summed E-state index contributed by atoms with van der Waals surface area (Å²) in [6.07, 6.45) is 1.92. The molecule has 3 aromatic rings. The van der Waals surface area contributed by atoms with Gasteiger partial charge in [-0.1, -0.05) is 17.4 Å². The minimum Gasteiger partial charge on any atom is -0.506 e. The van der Waals surface area contributed by atoms with Crippen LogP contribution in [0.3, 0.4) is 0 Å². The average molecular weight is 331 g/mol. The normalized spacial score (nSPS) is 11.5. The van der Waals surface area contributed by atoms with Gasteiger partial charge in [-0.2, -0.15) is 4.98 Å². The molecule has 23 heavy (non-hydrogen) atoms. The molecule has 0 bridgehead atoms. The molecule has 6 nitrogen and oxygen atoms in total. The molecule has 2 aromatic heterocycles. The number of phenols is 1. The van der Waals surface area contributed by atoms with Gasteiger partial charge in [0.05, 0.1) is 10.9 Å². The molecule has 0 unspecified atom stereocenters. The highest BCUT2D eigenvalue weighted by atomic mass is 32.1. The summed E-state index contributed by atoms with van der Waals surface area (Å²) in [5, 5.41) is 18.9. The van der Waals surface area contributed by atoms with Crippen molar-refractivity contribution in [2.75, 3.05) is 32.5 Å². The van der Waals surface area contributed by atoms with Gasteiger partial charge < -0.3 is 15.3 Å². The lowest BCUT2D eigenvalue weighted by atomic mass is 10.1. The fourth-order valence-electron chi connectivity index (χ4n) is 2.53. The van der Waals surface area contributed by atoms with E-state index in [1.807, 2.05) is 40.2 Å². The van der Waals surface area contributed by atoms with Gasteiger partial charge in [0.1, 0.15) is 11.4 Å². The predicted molar refractivity (Wildman–Crippen MR) is 94.9 cm³/mol. The molecule has 2 heterocycles. The van der Waals surface area contributed by atoms with Gasteiger partial charge >= 0.3 is 0 Å². The Labute approximate surface area is 139 Å². The van der Waals surface area contributed by atoms with E-state index in [4.69, 9.17) is 0 Å². The molecule has 0 atom stereocenters. The van der Waals surface area contributed by atoms with Gasteiger partial charge in [0, 0.05) is 13.1 Å². The number of aromatic hydroxyl groups is 1. The number of phenolic OH excluding ortho intramolecular Hbond substituents is 1. The molecule has 3 rings (SSSR count). The third-order valence-electron chi connectivity index (χ3n) is 3.57. The summed E-state index contributed by atoms with van der Waals surface area (Å²) < 4.78 is 2.71. The number of nitrogens with zero attached hydrogens (tertiary/aromatic N) is 4. The predicted octanol–water partition coefficient (Wildman–Crippen LogP) is 2.78. The Balaban J connectivity index is 1.86. The SMILES string of the molecule is Cc1cc(C)c(-n2cc3sc(NCCN(C)C)nc3n2)c(O)c1. The fourth-order valence-corrected chi connectivity index (χ4v) is 3.38. The number of likely N-dealkylation sites (N-methyl/N-ethyl adjacent to an activating group) is 1. The Hall–Kier alpha value is -2.12. The van der Waals surface area contributed by atoms with Gasteiger partial charge in [0.15, 0.2) is 10.8 Å². The number of nitrogens with one attached hydrogen (secondary N) is 1. The van der Waals surface area contributed by atoms with Crippen LogP contribution in [0.1, 0.15) is 11.1 Å². The van der Waals surface area contributed by atoms with Gasteiger partial charge in [0.2, 0.25) is 0 Å². The van der Waals surface area contributed by atoms with Crippen LogP contribution in [0, 0.1) is 13.8 Å². The Bertz CT molecular complexity index is 782. The summed E-state index contributed by atoms with van der Waals surface area (Å²) in [6, 6.07) is 3.78. The van der Waals surface area contributed by atoms with E-state index in [2.05, 4.69) is 20.3 Å². The zero-order valence-electron chi connectivity index (χ0n) is 13.8. The lowest BCUT2D eigenvalue weighted by Crippen LogP contribution is -2.20. The highest BCUT2D eigenvalue weighted by molar-refractivity contribution is 7.22. The zero-order chi connectivity index (χ0) is 16.6. The molecule has 0 amide bonds. The lowest BCUT2D eigenvalue weighted by Gasteiger charge is -2.09. The second-order valence-electron chi connectivity index (χ2n) is 5.96. The molecular weight excluding hydrogens is 310 g/mol. The highest BCUT2D eigenvalue weighted by Crippen LogP contribution is 2.30. The second kappa shape index (κ2) is 6.17. The van der Waals surface area contributed by atoms with Crippen molar-refractivity contribution < 1.29 is 5.11 Å². The van der Waals surface area contributed by atoms with Gasteiger partial charge in [-0.25, -0.2) is 4.68 Å². The number of anilines is 1. The maximum absolute atomic E-state index is 10.2. The first kappa shape index (κ1) is 15.8. The summed E-state index contributed by atoms with van der Waals surface area (Å²) >= 11 is 1.57. The lowest BCUT2D eigenvalue weighted by molar-refractivity contribution is 0.425. The van der Waals surface area contributed by atoms with E-state index in [9.17, 15) is 5.11 Å². The van der Waals surface area contributed by atoms with E-state index in [-0.39, 0.29) is 5.75 Å². The largest absolute Gasteiger partial charge is 0.506 e. The highest BCUT2D eigenvalue weighted by Gasteiger charge is 2.13. The molecule has 0 aliphatic rings. The zero-order valence-corrected chi connectivity index (χ0v) is 14.6. The Morgan fingerprint density at radius 2 is 2.09 bits per heavy atom. The first-order valence-corrected chi connectivity index (χ1v) is 8.31. The van der Waals surface area contributed by atoms with Crippen LogP contribution in [0.5, 0.6) is 5.75 Å². The number of rotatable bonds is 5. The molecule has 1 aromatic carbocycles. The summed E-state index contributed by atoms with van der Waals surface area (Å²) in [5.74, 6) is 0.238. The topological polar surface area (TPSA) is 66.2 Å². The van der Waals surface area contributed by atoms with Crippen molar-refractivity contribution in [2.45, 2.75) is 13.8 Å². The summed E-state index contributed by atoms with van der Waals surface area (Å²) in [6.45, 7) is 5.74. The maximum atomic E-state index is 10.2. The van der Waals surface area contributed by atoms with E-state index < -0.39 is 0 Å². The van der Waals surface area contributed by atoms with Gasteiger partial charge in [-0.3, -0.25) is 0 Å². The maximum Gasteiger partial charge on any atom is 0.194 e. The standard InChI is InChI=1S/C16H21N5OS/c1-10-7-11(2)14(12(22)8-10)21-9-13-15(19-21)18-16(23-13)17-5-6-20(3)4/h7-9,22H,5-6H2,1-4H3,(H,17,18,19). The molecule has 0 radical (unpaired) electrons. The van der Waals surface area contributed by atoms with Crippen molar-refractivity contribution >= 4 is 26.8 Å². The fraction of sp³-hybridized carbons (Fsp3) is 0.375. The average Bonchev–Trinajstić information content (AvgIpc) is 2.95. The van der Waals surface area contributed by atoms with E-state index in [1.54, 1.807) is 22.1 Å². The quantitative estimate of drug-likeness (QED) is 0.752. The number of benzene rings is 1. The van der Waals surface area contributed by atoms with Crippen LogP contribution < -0.4 is 5.32 Å². The van der Waals surface area contributed by atoms with Gasteiger partial charge in [-0.05, 0) is 45.1 Å². The molecule has 0 fully saturated rings. The minimum atomic E-state index is 0.238. The van der Waals surface area contributed by atoms with E-state index in [0.717, 1.165) is 34.0 Å². The van der Waals surface area contributed by atoms with Crippen LogP contribution in [0.25, 0.3) is 16.0 Å². The van der Waals surface area contributed by atoms with Crippen LogP contribution in [0.2, 0.25) is 0 Å². The van der Waals surface area contributed by atoms with E-state index >= 15 is 0 Å². The van der Waals surface area contributed by atoms with Gasteiger partial charge in [-0.15, -0.1) is 5.10 Å².